The normalized spacial score (nSPS) is 17.1. The van der Waals surface area contributed by atoms with Crippen molar-refractivity contribution in [3.63, 3.8) is 0 Å². The lowest BCUT2D eigenvalue weighted by molar-refractivity contribution is -0.139. The number of carbonyl (C=O) groups is 2. The van der Waals surface area contributed by atoms with Crippen molar-refractivity contribution in [1.29, 1.82) is 0 Å². The number of hydrogen-bond donors (Lipinski definition) is 3. The second-order valence-electron chi connectivity index (χ2n) is 5.80. The summed E-state index contributed by atoms with van der Waals surface area (Å²) in [6.45, 7) is 0.795. The number of aromatic nitrogens is 1. The van der Waals surface area contributed by atoms with Gasteiger partial charge < -0.3 is 20.1 Å². The van der Waals surface area contributed by atoms with Crippen LogP contribution in [0.3, 0.4) is 0 Å². The third-order valence-corrected chi connectivity index (χ3v) is 4.17. The van der Waals surface area contributed by atoms with Gasteiger partial charge in [-0.1, -0.05) is 6.07 Å². The van der Waals surface area contributed by atoms with Crippen molar-refractivity contribution in [2.45, 2.75) is 24.8 Å². The maximum Gasteiger partial charge on any atom is 0.305 e. The molecule has 0 radical (unpaired) electrons. The van der Waals surface area contributed by atoms with Crippen molar-refractivity contribution >= 4 is 22.8 Å². The fourth-order valence-corrected chi connectivity index (χ4v) is 2.95. The molecule has 1 amide bonds. The van der Waals surface area contributed by atoms with Crippen molar-refractivity contribution in [2.75, 3.05) is 13.2 Å². The minimum absolute atomic E-state index is 0.170. The Kier molecular flexibility index (Phi) is 4.04. The average molecular weight is 320 g/mol. The number of carboxylic acid groups (broad SMARTS) is 1. The van der Waals surface area contributed by atoms with E-state index in [4.69, 9.17) is 9.84 Å². The minimum atomic E-state index is -0.977. The summed E-state index contributed by atoms with van der Waals surface area (Å²) >= 11 is 0. The van der Waals surface area contributed by atoms with Crippen LogP contribution in [0.2, 0.25) is 0 Å². The lowest BCUT2D eigenvalue weighted by Crippen LogP contribution is -2.53. The van der Waals surface area contributed by atoms with Crippen LogP contribution in [0.5, 0.6) is 0 Å². The SMILES string of the molecule is O=C(O)CC1(NC(=O)c2cc3c(F)cccc3[nH]2)CCOCC1. The standard InChI is InChI=1S/C16H17FN2O4/c17-11-2-1-3-12-10(11)8-13(18-12)15(22)19-16(9-14(20)21)4-6-23-7-5-16/h1-3,8,18H,4-7,9H2,(H,19,22)(H,20,21). The Balaban J connectivity index is 1.85. The van der Waals surface area contributed by atoms with Gasteiger partial charge in [0.05, 0.1) is 12.0 Å². The summed E-state index contributed by atoms with van der Waals surface area (Å²) in [6, 6.07) is 5.99. The molecule has 1 aromatic carbocycles. The summed E-state index contributed by atoms with van der Waals surface area (Å²) in [5.41, 5.74) is -0.104. The molecule has 3 rings (SSSR count). The van der Waals surface area contributed by atoms with Crippen LogP contribution >= 0.6 is 0 Å². The molecular weight excluding hydrogens is 303 g/mol. The lowest BCUT2D eigenvalue weighted by atomic mass is 9.86. The van der Waals surface area contributed by atoms with Gasteiger partial charge in [0.15, 0.2) is 0 Å². The van der Waals surface area contributed by atoms with Gasteiger partial charge in [-0.25, -0.2) is 4.39 Å². The molecule has 0 bridgehead atoms. The molecule has 7 heteroatoms. The second-order valence-corrected chi connectivity index (χ2v) is 5.80. The average Bonchev–Trinajstić information content (AvgIpc) is 2.93. The monoisotopic (exact) mass is 320 g/mol. The number of hydrogen-bond acceptors (Lipinski definition) is 3. The number of aliphatic carboxylic acids is 1. The first-order chi connectivity index (χ1) is 11.0. The fraction of sp³-hybridized carbons (Fsp3) is 0.375. The number of fused-ring (bicyclic) bond motifs is 1. The third-order valence-electron chi connectivity index (χ3n) is 4.17. The summed E-state index contributed by atoms with van der Waals surface area (Å²) in [5, 5.41) is 12.3. The van der Waals surface area contributed by atoms with Gasteiger partial charge in [-0.15, -0.1) is 0 Å². The van der Waals surface area contributed by atoms with E-state index in [1.807, 2.05) is 0 Å². The molecule has 23 heavy (non-hydrogen) atoms. The van der Waals surface area contributed by atoms with Gasteiger partial charge in [-0.3, -0.25) is 9.59 Å². The van der Waals surface area contributed by atoms with Gasteiger partial charge in [-0.2, -0.15) is 0 Å². The summed E-state index contributed by atoms with van der Waals surface area (Å²) in [5.74, 6) is -1.83. The van der Waals surface area contributed by atoms with Gasteiger partial charge in [0.25, 0.3) is 5.91 Å². The third kappa shape index (κ3) is 3.19. The summed E-state index contributed by atoms with van der Waals surface area (Å²) in [4.78, 5) is 26.5. The highest BCUT2D eigenvalue weighted by atomic mass is 19.1. The van der Waals surface area contributed by atoms with E-state index in [9.17, 15) is 14.0 Å². The van der Waals surface area contributed by atoms with E-state index in [0.717, 1.165) is 0 Å². The molecule has 0 unspecified atom stereocenters. The van der Waals surface area contributed by atoms with Crippen LogP contribution < -0.4 is 5.32 Å². The quantitative estimate of drug-likeness (QED) is 0.804. The molecule has 1 aromatic heterocycles. The van der Waals surface area contributed by atoms with Crippen LogP contribution in [-0.2, 0) is 9.53 Å². The van der Waals surface area contributed by atoms with Gasteiger partial charge in [0, 0.05) is 24.1 Å². The smallest absolute Gasteiger partial charge is 0.305 e. The van der Waals surface area contributed by atoms with Gasteiger partial charge in [0.1, 0.15) is 11.5 Å². The number of nitrogens with one attached hydrogen (secondary N) is 2. The molecule has 2 aromatic rings. The van der Waals surface area contributed by atoms with Crippen molar-refractivity contribution < 1.29 is 23.8 Å². The minimum Gasteiger partial charge on any atom is -0.481 e. The Hall–Kier alpha value is -2.41. The zero-order valence-corrected chi connectivity index (χ0v) is 12.4. The first kappa shape index (κ1) is 15.5. The van der Waals surface area contributed by atoms with Crippen LogP contribution in [0.25, 0.3) is 10.9 Å². The number of rotatable bonds is 4. The molecule has 0 aliphatic carbocycles. The molecule has 6 nitrogen and oxygen atoms in total. The number of ether oxygens (including phenoxy) is 1. The first-order valence-corrected chi connectivity index (χ1v) is 7.38. The molecule has 122 valence electrons. The number of halogens is 1. The Morgan fingerprint density at radius 1 is 1.35 bits per heavy atom. The predicted molar refractivity (Wildman–Crippen MR) is 80.8 cm³/mol. The number of H-pyrrole nitrogens is 1. The van der Waals surface area contributed by atoms with E-state index in [0.29, 0.717) is 37.0 Å². The fourth-order valence-electron chi connectivity index (χ4n) is 2.95. The van der Waals surface area contributed by atoms with E-state index in [1.165, 1.54) is 12.1 Å². The topological polar surface area (TPSA) is 91.4 Å². The molecule has 0 spiro atoms. The Bertz CT molecular complexity index is 750. The van der Waals surface area contributed by atoms with E-state index in [2.05, 4.69) is 10.3 Å². The van der Waals surface area contributed by atoms with Gasteiger partial charge in [-0.05, 0) is 31.0 Å². The molecule has 2 heterocycles. The number of amides is 1. The van der Waals surface area contributed by atoms with Crippen molar-refractivity contribution in [1.82, 2.24) is 10.3 Å². The predicted octanol–water partition coefficient (Wildman–Crippen LogP) is 2.06. The first-order valence-electron chi connectivity index (χ1n) is 7.38. The molecule has 1 saturated heterocycles. The van der Waals surface area contributed by atoms with Crippen LogP contribution in [0.15, 0.2) is 24.3 Å². The molecule has 1 fully saturated rings. The highest BCUT2D eigenvalue weighted by Crippen LogP contribution is 2.26. The van der Waals surface area contributed by atoms with E-state index < -0.39 is 23.2 Å². The molecule has 0 saturated carbocycles. The number of aromatic amines is 1. The number of benzene rings is 1. The van der Waals surface area contributed by atoms with E-state index in [1.54, 1.807) is 12.1 Å². The Labute approximate surface area is 131 Å². The largest absolute Gasteiger partial charge is 0.481 e. The molecule has 1 aliphatic rings. The van der Waals surface area contributed by atoms with E-state index in [-0.39, 0.29) is 12.1 Å². The Morgan fingerprint density at radius 3 is 2.74 bits per heavy atom. The van der Waals surface area contributed by atoms with Crippen molar-refractivity contribution in [2.24, 2.45) is 0 Å². The highest BCUT2D eigenvalue weighted by molar-refractivity contribution is 5.98. The van der Waals surface area contributed by atoms with Crippen LogP contribution in [0.4, 0.5) is 4.39 Å². The summed E-state index contributed by atoms with van der Waals surface area (Å²) in [7, 11) is 0. The maximum atomic E-state index is 13.7. The van der Waals surface area contributed by atoms with Crippen LogP contribution in [0.1, 0.15) is 29.8 Å². The number of carbonyl (C=O) groups excluding carboxylic acids is 1. The van der Waals surface area contributed by atoms with Crippen LogP contribution in [0, 0.1) is 5.82 Å². The van der Waals surface area contributed by atoms with Crippen LogP contribution in [-0.4, -0.2) is 40.7 Å². The molecular formula is C16H17FN2O4. The molecule has 1 aliphatic heterocycles. The Morgan fingerprint density at radius 2 is 2.09 bits per heavy atom. The van der Waals surface area contributed by atoms with Crippen molar-refractivity contribution in [3.05, 3.63) is 35.8 Å². The van der Waals surface area contributed by atoms with Gasteiger partial charge >= 0.3 is 5.97 Å². The summed E-state index contributed by atoms with van der Waals surface area (Å²) in [6.07, 6.45) is 0.690. The maximum absolute atomic E-state index is 13.7. The lowest BCUT2D eigenvalue weighted by Gasteiger charge is -2.36. The molecule has 0 atom stereocenters. The van der Waals surface area contributed by atoms with Gasteiger partial charge in [0.2, 0.25) is 0 Å². The second kappa shape index (κ2) is 6.00. The van der Waals surface area contributed by atoms with E-state index >= 15 is 0 Å². The zero-order chi connectivity index (χ0) is 16.4. The molecule has 3 N–H and O–H groups in total. The zero-order valence-electron chi connectivity index (χ0n) is 12.4. The summed E-state index contributed by atoms with van der Waals surface area (Å²) < 4.78 is 19.0. The van der Waals surface area contributed by atoms with Crippen molar-refractivity contribution in [3.8, 4) is 0 Å². The number of carboxylic acids is 1. The highest BCUT2D eigenvalue weighted by Gasteiger charge is 2.36.